The van der Waals surface area contributed by atoms with Gasteiger partial charge in [0, 0.05) is 25.7 Å². The van der Waals surface area contributed by atoms with Crippen LogP contribution in [0.25, 0.3) is 0 Å². The normalized spacial score (nSPS) is 9.57. The van der Waals surface area contributed by atoms with Crippen molar-refractivity contribution in [3.05, 3.63) is 55.1 Å². The molecule has 0 saturated carbocycles. The number of rotatable bonds is 8. The van der Waals surface area contributed by atoms with Gasteiger partial charge in [-0.15, -0.1) is 13.2 Å². The SMILES string of the molecule is C=CCN(CC=C)C(=O)COc1cccc(C(=O)NC)c1. The Morgan fingerprint density at radius 1 is 1.29 bits per heavy atom. The number of benzene rings is 1. The van der Waals surface area contributed by atoms with Crippen LogP contribution in [0.1, 0.15) is 10.4 Å². The van der Waals surface area contributed by atoms with E-state index >= 15 is 0 Å². The van der Waals surface area contributed by atoms with Gasteiger partial charge in [-0.25, -0.2) is 0 Å². The molecule has 5 heteroatoms. The zero-order chi connectivity index (χ0) is 15.7. The zero-order valence-corrected chi connectivity index (χ0v) is 12.2. The quantitative estimate of drug-likeness (QED) is 0.740. The van der Waals surface area contributed by atoms with Gasteiger partial charge in [-0.3, -0.25) is 9.59 Å². The van der Waals surface area contributed by atoms with E-state index in [9.17, 15) is 9.59 Å². The van der Waals surface area contributed by atoms with Gasteiger partial charge in [0.05, 0.1) is 0 Å². The fourth-order valence-corrected chi connectivity index (χ4v) is 1.70. The molecule has 5 nitrogen and oxygen atoms in total. The molecule has 1 rings (SSSR count). The molecule has 0 saturated heterocycles. The summed E-state index contributed by atoms with van der Waals surface area (Å²) in [6, 6.07) is 6.67. The fraction of sp³-hybridized carbons (Fsp3) is 0.250. The predicted molar refractivity (Wildman–Crippen MR) is 82.3 cm³/mol. The van der Waals surface area contributed by atoms with E-state index in [0.29, 0.717) is 24.4 Å². The maximum Gasteiger partial charge on any atom is 0.261 e. The van der Waals surface area contributed by atoms with Gasteiger partial charge in [-0.05, 0) is 18.2 Å². The van der Waals surface area contributed by atoms with Crippen LogP contribution in [0.3, 0.4) is 0 Å². The standard InChI is InChI=1S/C16H20N2O3/c1-4-9-18(10-5-2)15(19)12-21-14-8-6-7-13(11-14)16(20)17-3/h4-8,11H,1-2,9-10,12H2,3H3,(H,17,20). The molecule has 112 valence electrons. The average Bonchev–Trinajstić information content (AvgIpc) is 2.51. The first kappa shape index (κ1) is 16.5. The Labute approximate surface area is 124 Å². The average molecular weight is 288 g/mol. The minimum atomic E-state index is -0.202. The molecule has 0 unspecified atom stereocenters. The van der Waals surface area contributed by atoms with E-state index in [2.05, 4.69) is 18.5 Å². The van der Waals surface area contributed by atoms with Crippen LogP contribution in [0.2, 0.25) is 0 Å². The Balaban J connectivity index is 2.65. The number of hydrogen-bond acceptors (Lipinski definition) is 3. The molecule has 0 spiro atoms. The van der Waals surface area contributed by atoms with Crippen LogP contribution >= 0.6 is 0 Å². The van der Waals surface area contributed by atoms with Gasteiger partial charge in [0.25, 0.3) is 11.8 Å². The van der Waals surface area contributed by atoms with Crippen molar-refractivity contribution in [1.82, 2.24) is 10.2 Å². The third-order valence-electron chi connectivity index (χ3n) is 2.74. The second-order valence-corrected chi connectivity index (χ2v) is 4.27. The van der Waals surface area contributed by atoms with Crippen molar-refractivity contribution in [2.75, 3.05) is 26.7 Å². The second kappa shape index (κ2) is 8.58. The van der Waals surface area contributed by atoms with Gasteiger partial charge in [0.15, 0.2) is 6.61 Å². The fourth-order valence-electron chi connectivity index (χ4n) is 1.70. The van der Waals surface area contributed by atoms with Gasteiger partial charge >= 0.3 is 0 Å². The summed E-state index contributed by atoms with van der Waals surface area (Å²) in [7, 11) is 1.56. The smallest absolute Gasteiger partial charge is 0.261 e. The van der Waals surface area contributed by atoms with Crippen LogP contribution in [0, 0.1) is 0 Å². The van der Waals surface area contributed by atoms with E-state index < -0.39 is 0 Å². The first-order valence-corrected chi connectivity index (χ1v) is 6.57. The highest BCUT2D eigenvalue weighted by molar-refractivity contribution is 5.94. The monoisotopic (exact) mass is 288 g/mol. The summed E-state index contributed by atoms with van der Waals surface area (Å²) < 4.78 is 5.44. The van der Waals surface area contributed by atoms with Crippen LogP contribution in [-0.2, 0) is 4.79 Å². The van der Waals surface area contributed by atoms with Crippen molar-refractivity contribution in [1.29, 1.82) is 0 Å². The molecule has 0 radical (unpaired) electrons. The summed E-state index contributed by atoms with van der Waals surface area (Å²) in [4.78, 5) is 25.1. The highest BCUT2D eigenvalue weighted by Gasteiger charge is 2.12. The largest absolute Gasteiger partial charge is 0.484 e. The molecule has 1 aromatic carbocycles. The molecule has 0 bridgehead atoms. The van der Waals surface area contributed by atoms with Gasteiger partial charge in [-0.1, -0.05) is 18.2 Å². The molecule has 0 aliphatic carbocycles. The summed E-state index contributed by atoms with van der Waals surface area (Å²) in [5.41, 5.74) is 0.483. The van der Waals surface area contributed by atoms with Gasteiger partial charge < -0.3 is 15.0 Å². The maximum absolute atomic E-state index is 12.0. The van der Waals surface area contributed by atoms with Crippen LogP contribution < -0.4 is 10.1 Å². The second-order valence-electron chi connectivity index (χ2n) is 4.27. The lowest BCUT2D eigenvalue weighted by atomic mass is 10.2. The zero-order valence-electron chi connectivity index (χ0n) is 12.2. The van der Waals surface area contributed by atoms with E-state index in [1.807, 2.05) is 0 Å². The number of nitrogens with one attached hydrogen (secondary N) is 1. The van der Waals surface area contributed by atoms with Crippen LogP contribution in [0.5, 0.6) is 5.75 Å². The number of carbonyl (C=O) groups is 2. The molecule has 1 aromatic rings. The topological polar surface area (TPSA) is 58.6 Å². The van der Waals surface area contributed by atoms with Crippen LogP contribution in [-0.4, -0.2) is 43.5 Å². The molecule has 0 fully saturated rings. The Morgan fingerprint density at radius 3 is 2.52 bits per heavy atom. The van der Waals surface area contributed by atoms with Crippen molar-refractivity contribution in [3.8, 4) is 5.75 Å². The predicted octanol–water partition coefficient (Wildman–Crippen LogP) is 1.63. The highest BCUT2D eigenvalue weighted by Crippen LogP contribution is 2.13. The van der Waals surface area contributed by atoms with Gasteiger partial charge in [0.2, 0.25) is 0 Å². The molecule has 0 heterocycles. The third-order valence-corrected chi connectivity index (χ3v) is 2.74. The number of nitrogens with zero attached hydrogens (tertiary/aromatic N) is 1. The molecular formula is C16H20N2O3. The van der Waals surface area contributed by atoms with E-state index in [1.54, 1.807) is 48.4 Å². The van der Waals surface area contributed by atoms with Crippen molar-refractivity contribution in [2.24, 2.45) is 0 Å². The Hall–Kier alpha value is -2.56. The van der Waals surface area contributed by atoms with Gasteiger partial charge in [-0.2, -0.15) is 0 Å². The lowest BCUT2D eigenvalue weighted by Crippen LogP contribution is -2.35. The number of carbonyl (C=O) groups excluding carboxylic acids is 2. The van der Waals surface area contributed by atoms with Gasteiger partial charge in [0.1, 0.15) is 5.75 Å². The van der Waals surface area contributed by atoms with E-state index in [0.717, 1.165) is 0 Å². The third kappa shape index (κ3) is 5.14. The Morgan fingerprint density at radius 2 is 1.95 bits per heavy atom. The highest BCUT2D eigenvalue weighted by atomic mass is 16.5. The Bertz CT molecular complexity index is 516. The molecule has 0 atom stereocenters. The minimum absolute atomic E-state index is 0.0983. The maximum atomic E-state index is 12.0. The first-order chi connectivity index (χ1) is 10.1. The summed E-state index contributed by atoms with van der Waals surface area (Å²) in [6.07, 6.45) is 3.29. The lowest BCUT2D eigenvalue weighted by Gasteiger charge is -2.19. The first-order valence-electron chi connectivity index (χ1n) is 6.57. The molecule has 21 heavy (non-hydrogen) atoms. The lowest BCUT2D eigenvalue weighted by molar-refractivity contribution is -0.132. The molecule has 0 aliphatic heterocycles. The molecule has 0 aromatic heterocycles. The molecule has 1 N–H and O–H groups in total. The van der Waals surface area contributed by atoms with E-state index in [-0.39, 0.29) is 18.4 Å². The Kier molecular flexibility index (Phi) is 6.74. The number of ether oxygens (including phenoxy) is 1. The van der Waals surface area contributed by atoms with E-state index in [1.165, 1.54) is 0 Å². The molecular weight excluding hydrogens is 268 g/mol. The van der Waals surface area contributed by atoms with Crippen LogP contribution in [0.15, 0.2) is 49.6 Å². The van der Waals surface area contributed by atoms with Crippen molar-refractivity contribution < 1.29 is 14.3 Å². The summed E-state index contributed by atoms with van der Waals surface area (Å²) >= 11 is 0. The number of hydrogen-bond donors (Lipinski definition) is 1. The van der Waals surface area contributed by atoms with Crippen molar-refractivity contribution in [2.45, 2.75) is 0 Å². The summed E-state index contributed by atoms with van der Waals surface area (Å²) in [5.74, 6) is 0.105. The number of amides is 2. The van der Waals surface area contributed by atoms with Crippen LogP contribution in [0.4, 0.5) is 0 Å². The minimum Gasteiger partial charge on any atom is -0.484 e. The van der Waals surface area contributed by atoms with Crippen molar-refractivity contribution in [3.63, 3.8) is 0 Å². The van der Waals surface area contributed by atoms with Crippen molar-refractivity contribution >= 4 is 11.8 Å². The summed E-state index contributed by atoms with van der Waals surface area (Å²) in [5, 5.41) is 2.53. The summed E-state index contributed by atoms with van der Waals surface area (Å²) in [6.45, 7) is 8.00. The van der Waals surface area contributed by atoms with E-state index in [4.69, 9.17) is 4.74 Å². The molecule has 2 amide bonds. The molecule has 0 aliphatic rings.